The predicted molar refractivity (Wildman–Crippen MR) is 112 cm³/mol. The fourth-order valence-corrected chi connectivity index (χ4v) is 3.77. The van der Waals surface area contributed by atoms with Crippen LogP contribution in [0.3, 0.4) is 0 Å². The molecule has 3 aromatic carbocycles. The summed E-state index contributed by atoms with van der Waals surface area (Å²) in [5.41, 5.74) is 3.23. The van der Waals surface area contributed by atoms with Gasteiger partial charge in [-0.2, -0.15) is 0 Å². The second kappa shape index (κ2) is 7.98. The smallest absolute Gasteiger partial charge is 0.195 e. The van der Waals surface area contributed by atoms with Gasteiger partial charge in [0.05, 0.1) is 10.2 Å². The summed E-state index contributed by atoms with van der Waals surface area (Å²) in [6.07, 6.45) is 1.55. The lowest BCUT2D eigenvalue weighted by molar-refractivity contribution is 0.103. The number of ketones is 1. The van der Waals surface area contributed by atoms with Crippen molar-refractivity contribution in [2.75, 3.05) is 0 Å². The van der Waals surface area contributed by atoms with Crippen molar-refractivity contribution in [3.05, 3.63) is 91.9 Å². The molecule has 0 unspecified atom stereocenters. The van der Waals surface area contributed by atoms with E-state index in [1.807, 2.05) is 43.3 Å². The third kappa shape index (κ3) is 4.11. The minimum absolute atomic E-state index is 0.0823. The molecule has 130 valence electrons. The Morgan fingerprint density at radius 3 is 2.50 bits per heavy atom. The van der Waals surface area contributed by atoms with Crippen molar-refractivity contribution in [2.45, 2.75) is 6.92 Å². The zero-order valence-corrected chi connectivity index (χ0v) is 17.1. The number of nitrogens with zero attached hydrogens (tertiary/aromatic N) is 1. The summed E-state index contributed by atoms with van der Waals surface area (Å²) in [6, 6.07) is 18.2. The van der Waals surface area contributed by atoms with Crippen molar-refractivity contribution in [1.82, 2.24) is 0 Å². The highest BCUT2D eigenvalue weighted by atomic mass is 79.9. The van der Waals surface area contributed by atoms with Gasteiger partial charge in [0.25, 0.3) is 0 Å². The number of phenolic OH excluding ortho intramolecular Hbond substituents is 1. The summed E-state index contributed by atoms with van der Waals surface area (Å²) >= 11 is 6.70. The average molecular weight is 473 g/mol. The number of carbonyl (C=O) groups excluding carboxylic acids is 1. The normalized spacial score (nSPS) is 11.0. The van der Waals surface area contributed by atoms with Gasteiger partial charge in [0.1, 0.15) is 5.75 Å². The van der Waals surface area contributed by atoms with Crippen LogP contribution in [0.5, 0.6) is 5.75 Å². The lowest BCUT2D eigenvalue weighted by Crippen LogP contribution is -2.02. The van der Waals surface area contributed by atoms with Crippen LogP contribution in [0.1, 0.15) is 27.0 Å². The van der Waals surface area contributed by atoms with Gasteiger partial charge in [-0.3, -0.25) is 9.79 Å². The molecule has 3 rings (SSSR count). The quantitative estimate of drug-likeness (QED) is 0.362. The lowest BCUT2D eigenvalue weighted by Gasteiger charge is -2.07. The van der Waals surface area contributed by atoms with Crippen LogP contribution in [0, 0.1) is 6.92 Å². The average Bonchev–Trinajstić information content (AvgIpc) is 2.64. The van der Waals surface area contributed by atoms with Gasteiger partial charge in [-0.1, -0.05) is 57.9 Å². The van der Waals surface area contributed by atoms with E-state index in [2.05, 4.69) is 36.9 Å². The molecule has 1 N–H and O–H groups in total. The Morgan fingerprint density at radius 1 is 1.04 bits per heavy atom. The molecule has 0 aliphatic carbocycles. The molecular formula is C21H15Br2NO2. The lowest BCUT2D eigenvalue weighted by atomic mass is 10.00. The van der Waals surface area contributed by atoms with Gasteiger partial charge in [-0.15, -0.1) is 0 Å². The fourth-order valence-electron chi connectivity index (χ4n) is 2.51. The van der Waals surface area contributed by atoms with Gasteiger partial charge in [0.15, 0.2) is 5.78 Å². The number of hydrogen-bond donors (Lipinski definition) is 1. The van der Waals surface area contributed by atoms with Crippen molar-refractivity contribution in [1.29, 1.82) is 0 Å². The first kappa shape index (κ1) is 18.5. The first-order valence-electron chi connectivity index (χ1n) is 7.88. The molecule has 3 nitrogen and oxygen atoms in total. The summed E-state index contributed by atoms with van der Waals surface area (Å²) in [6.45, 7) is 1.94. The minimum atomic E-state index is -0.0823. The number of carbonyl (C=O) groups is 1. The maximum absolute atomic E-state index is 12.9. The molecule has 0 atom stereocenters. The highest BCUT2D eigenvalue weighted by Gasteiger charge is 2.14. The molecule has 0 saturated heterocycles. The van der Waals surface area contributed by atoms with Crippen LogP contribution >= 0.6 is 31.9 Å². The monoisotopic (exact) mass is 471 g/mol. The van der Waals surface area contributed by atoms with Gasteiger partial charge in [0.2, 0.25) is 0 Å². The molecule has 0 aliphatic rings. The summed E-state index contributed by atoms with van der Waals surface area (Å²) < 4.78 is 1.38. The summed E-state index contributed by atoms with van der Waals surface area (Å²) in [7, 11) is 0. The minimum Gasteiger partial charge on any atom is -0.506 e. The van der Waals surface area contributed by atoms with E-state index in [1.54, 1.807) is 30.5 Å². The summed E-state index contributed by atoms with van der Waals surface area (Å²) in [5, 5.41) is 10.2. The van der Waals surface area contributed by atoms with Gasteiger partial charge in [0, 0.05) is 27.4 Å². The third-order valence-electron chi connectivity index (χ3n) is 3.83. The first-order chi connectivity index (χ1) is 12.5. The number of hydrogen-bond acceptors (Lipinski definition) is 3. The largest absolute Gasteiger partial charge is 0.506 e. The molecule has 0 aliphatic heterocycles. The van der Waals surface area contributed by atoms with Crippen LogP contribution in [0.15, 0.2) is 74.6 Å². The topological polar surface area (TPSA) is 49.7 Å². The van der Waals surface area contributed by atoms with E-state index >= 15 is 0 Å². The number of aromatic hydroxyl groups is 1. The van der Waals surface area contributed by atoms with E-state index < -0.39 is 0 Å². The van der Waals surface area contributed by atoms with Gasteiger partial charge >= 0.3 is 0 Å². The Kier molecular flexibility index (Phi) is 5.69. The van der Waals surface area contributed by atoms with Crippen molar-refractivity contribution < 1.29 is 9.90 Å². The summed E-state index contributed by atoms with van der Waals surface area (Å²) in [4.78, 5) is 17.3. The number of aryl methyl sites for hydroxylation is 1. The molecule has 0 fully saturated rings. The highest BCUT2D eigenvalue weighted by molar-refractivity contribution is 9.11. The van der Waals surface area contributed by atoms with E-state index in [9.17, 15) is 9.90 Å². The Morgan fingerprint density at radius 2 is 1.77 bits per heavy atom. The Bertz CT molecular complexity index is 998. The maximum atomic E-state index is 12.9. The van der Waals surface area contributed by atoms with Crippen LogP contribution < -0.4 is 0 Å². The van der Waals surface area contributed by atoms with Crippen LogP contribution in [0.25, 0.3) is 0 Å². The second-order valence-electron chi connectivity index (χ2n) is 5.80. The SMILES string of the molecule is Cc1ccc(N=Cc2cc(Br)cc(Br)c2O)c(C(=O)c2ccccc2)c1. The molecule has 0 bridgehead atoms. The molecule has 0 amide bonds. The Labute approximate surface area is 168 Å². The second-order valence-corrected chi connectivity index (χ2v) is 7.57. The Hall–Kier alpha value is -2.24. The van der Waals surface area contributed by atoms with Crippen LogP contribution in [-0.2, 0) is 0 Å². The fraction of sp³-hybridized carbons (Fsp3) is 0.0476. The molecule has 0 aromatic heterocycles. The number of rotatable bonds is 4. The van der Waals surface area contributed by atoms with Crippen LogP contribution in [-0.4, -0.2) is 17.1 Å². The standard InChI is InChI=1S/C21H15Br2NO2/c1-13-7-8-19(17(9-13)20(25)14-5-3-2-4-6-14)24-12-15-10-16(22)11-18(23)21(15)26/h2-12,26H,1H3. The molecule has 0 radical (unpaired) electrons. The highest BCUT2D eigenvalue weighted by Crippen LogP contribution is 2.31. The zero-order chi connectivity index (χ0) is 18.7. The van der Waals surface area contributed by atoms with E-state index in [-0.39, 0.29) is 11.5 Å². The van der Waals surface area contributed by atoms with E-state index in [0.29, 0.717) is 26.9 Å². The predicted octanol–water partition coefficient (Wildman–Crippen LogP) is 6.21. The molecule has 0 heterocycles. The van der Waals surface area contributed by atoms with Crippen molar-refractivity contribution in [3.63, 3.8) is 0 Å². The molecule has 5 heteroatoms. The number of halogens is 2. The van der Waals surface area contributed by atoms with E-state index in [1.165, 1.54) is 0 Å². The Balaban J connectivity index is 2.03. The number of aliphatic imine (C=N–C) groups is 1. The van der Waals surface area contributed by atoms with E-state index in [0.717, 1.165) is 10.0 Å². The van der Waals surface area contributed by atoms with Gasteiger partial charge in [-0.05, 0) is 47.1 Å². The van der Waals surface area contributed by atoms with Crippen molar-refractivity contribution in [3.8, 4) is 5.75 Å². The zero-order valence-electron chi connectivity index (χ0n) is 13.9. The first-order valence-corrected chi connectivity index (χ1v) is 9.47. The molecule has 3 aromatic rings. The molecule has 0 spiro atoms. The van der Waals surface area contributed by atoms with Crippen molar-refractivity contribution >= 4 is 49.5 Å². The van der Waals surface area contributed by atoms with Crippen LogP contribution in [0.2, 0.25) is 0 Å². The summed E-state index contributed by atoms with van der Waals surface area (Å²) in [5.74, 6) is 0.0149. The maximum Gasteiger partial charge on any atom is 0.195 e. The number of benzene rings is 3. The van der Waals surface area contributed by atoms with E-state index in [4.69, 9.17) is 0 Å². The third-order valence-corrected chi connectivity index (χ3v) is 4.90. The van der Waals surface area contributed by atoms with Crippen molar-refractivity contribution in [2.24, 2.45) is 4.99 Å². The number of phenols is 1. The molecular weight excluding hydrogens is 458 g/mol. The van der Waals surface area contributed by atoms with Crippen LogP contribution in [0.4, 0.5) is 5.69 Å². The molecule has 26 heavy (non-hydrogen) atoms. The molecule has 0 saturated carbocycles. The van der Waals surface area contributed by atoms with Gasteiger partial charge in [-0.25, -0.2) is 0 Å². The van der Waals surface area contributed by atoms with Gasteiger partial charge < -0.3 is 5.11 Å².